The molecule has 1 fully saturated rings. The topological polar surface area (TPSA) is 72.2 Å². The molecule has 1 heterocycles. The van der Waals surface area contributed by atoms with Gasteiger partial charge in [0.05, 0.1) is 5.25 Å². The van der Waals surface area contributed by atoms with Gasteiger partial charge in [0.15, 0.2) is 0 Å². The normalized spacial score (nSPS) is 25.1. The van der Waals surface area contributed by atoms with E-state index in [0.717, 1.165) is 6.42 Å². The maximum atomic E-state index is 11.3. The number of hydrogen-bond acceptors (Lipinski definition) is 3. The summed E-state index contributed by atoms with van der Waals surface area (Å²) in [4.78, 5) is 0. The molecule has 2 atom stereocenters. The lowest BCUT2D eigenvalue weighted by Gasteiger charge is -2.29. The Hall–Kier alpha value is -0.910. The summed E-state index contributed by atoms with van der Waals surface area (Å²) in [6.45, 7) is 4.59. The number of benzene rings is 1. The predicted octanol–water partition coefficient (Wildman–Crippen LogP) is 1.39. The highest BCUT2D eigenvalue weighted by Crippen LogP contribution is 2.26. The fourth-order valence-corrected chi connectivity index (χ4v) is 3.40. The van der Waals surface area contributed by atoms with Crippen LogP contribution in [0.4, 0.5) is 0 Å². The number of nitrogens with one attached hydrogen (secondary N) is 1. The molecule has 2 rings (SSSR count). The maximum absolute atomic E-state index is 11.3. The molecule has 18 heavy (non-hydrogen) atoms. The number of piperidine rings is 1. The summed E-state index contributed by atoms with van der Waals surface area (Å²) in [5.74, 6) is 0. The summed E-state index contributed by atoms with van der Waals surface area (Å²) in [7, 11) is -3.41. The maximum Gasteiger partial charge on any atom is 0.213 e. The molecule has 0 aliphatic carbocycles. The van der Waals surface area contributed by atoms with Gasteiger partial charge < -0.3 is 5.32 Å². The minimum absolute atomic E-state index is 0.238. The second-order valence-corrected chi connectivity index (χ2v) is 7.01. The molecule has 1 aliphatic heterocycles. The van der Waals surface area contributed by atoms with Crippen LogP contribution in [0, 0.1) is 13.8 Å². The van der Waals surface area contributed by atoms with Crippen molar-refractivity contribution in [1.29, 1.82) is 0 Å². The first-order chi connectivity index (χ1) is 8.36. The van der Waals surface area contributed by atoms with Gasteiger partial charge in [0.25, 0.3) is 0 Å². The number of sulfonamides is 1. The third kappa shape index (κ3) is 3.10. The zero-order valence-corrected chi connectivity index (χ0v) is 11.6. The van der Waals surface area contributed by atoms with Crippen molar-refractivity contribution in [1.82, 2.24) is 5.32 Å². The molecule has 1 aromatic rings. The van der Waals surface area contributed by atoms with Gasteiger partial charge in [0.1, 0.15) is 0 Å². The molecule has 0 saturated carbocycles. The first-order valence-electron chi connectivity index (χ1n) is 6.19. The van der Waals surface area contributed by atoms with Gasteiger partial charge in [0.2, 0.25) is 10.0 Å². The highest BCUT2D eigenvalue weighted by molar-refractivity contribution is 7.89. The lowest BCUT2D eigenvalue weighted by molar-refractivity contribution is 0.408. The fourth-order valence-electron chi connectivity index (χ4n) is 2.61. The standard InChI is InChI=1S/C13H20N2O2S/c1-9-5-10(2)7-11(6-9)13-4-3-12(8-15-13)18(14,16)17/h5-7,12-13,15H,3-4,8H2,1-2H3,(H2,14,16,17). The van der Waals surface area contributed by atoms with Crippen LogP contribution in [-0.2, 0) is 10.0 Å². The van der Waals surface area contributed by atoms with E-state index in [-0.39, 0.29) is 6.04 Å². The third-order valence-corrected chi connectivity index (χ3v) is 4.81. The molecular weight excluding hydrogens is 248 g/mol. The van der Waals surface area contributed by atoms with Gasteiger partial charge in [0, 0.05) is 12.6 Å². The Labute approximate surface area is 109 Å². The first-order valence-corrected chi connectivity index (χ1v) is 7.80. The van der Waals surface area contributed by atoms with E-state index in [1.165, 1.54) is 16.7 Å². The Morgan fingerprint density at radius 1 is 1.17 bits per heavy atom. The van der Waals surface area contributed by atoms with Gasteiger partial charge in [-0.1, -0.05) is 29.3 Å². The van der Waals surface area contributed by atoms with E-state index in [1.54, 1.807) is 0 Å². The van der Waals surface area contributed by atoms with Crippen molar-refractivity contribution in [2.45, 2.75) is 38.0 Å². The third-order valence-electron chi connectivity index (χ3n) is 3.48. The zero-order valence-electron chi connectivity index (χ0n) is 10.8. The molecule has 2 unspecified atom stereocenters. The van der Waals surface area contributed by atoms with Crippen LogP contribution in [0.5, 0.6) is 0 Å². The molecule has 3 N–H and O–H groups in total. The monoisotopic (exact) mass is 268 g/mol. The first kappa shape index (κ1) is 13.5. The molecule has 0 radical (unpaired) electrons. The largest absolute Gasteiger partial charge is 0.309 e. The Bertz CT molecular complexity index is 512. The van der Waals surface area contributed by atoms with Crippen LogP contribution in [0.15, 0.2) is 18.2 Å². The molecular formula is C13H20N2O2S. The van der Waals surface area contributed by atoms with Crippen molar-refractivity contribution < 1.29 is 8.42 Å². The van der Waals surface area contributed by atoms with E-state index >= 15 is 0 Å². The predicted molar refractivity (Wildman–Crippen MR) is 72.8 cm³/mol. The lowest BCUT2D eigenvalue weighted by atomic mass is 9.95. The Morgan fingerprint density at radius 2 is 1.78 bits per heavy atom. The van der Waals surface area contributed by atoms with E-state index in [4.69, 9.17) is 5.14 Å². The molecule has 1 aromatic carbocycles. The van der Waals surface area contributed by atoms with Gasteiger partial charge in [-0.2, -0.15) is 0 Å². The summed E-state index contributed by atoms with van der Waals surface area (Å²) in [6, 6.07) is 6.69. The van der Waals surface area contributed by atoms with E-state index in [0.29, 0.717) is 13.0 Å². The molecule has 0 bridgehead atoms. The molecule has 1 aliphatic rings. The zero-order chi connectivity index (χ0) is 13.3. The number of nitrogens with two attached hydrogens (primary N) is 1. The smallest absolute Gasteiger partial charge is 0.213 e. The highest BCUT2D eigenvalue weighted by Gasteiger charge is 2.28. The SMILES string of the molecule is Cc1cc(C)cc(C2CCC(S(N)(=O)=O)CN2)c1. The number of hydrogen-bond donors (Lipinski definition) is 2. The Morgan fingerprint density at radius 3 is 2.22 bits per heavy atom. The molecule has 100 valence electrons. The van der Waals surface area contributed by atoms with Crippen molar-refractivity contribution >= 4 is 10.0 Å². The van der Waals surface area contributed by atoms with Crippen LogP contribution in [0.25, 0.3) is 0 Å². The van der Waals surface area contributed by atoms with Crippen LogP contribution in [-0.4, -0.2) is 20.2 Å². The van der Waals surface area contributed by atoms with Crippen LogP contribution < -0.4 is 10.5 Å². The second-order valence-electron chi connectivity index (χ2n) is 5.17. The van der Waals surface area contributed by atoms with Crippen molar-refractivity contribution in [2.24, 2.45) is 5.14 Å². The molecule has 1 saturated heterocycles. The minimum Gasteiger partial charge on any atom is -0.309 e. The minimum atomic E-state index is -3.41. The fraction of sp³-hybridized carbons (Fsp3) is 0.538. The highest BCUT2D eigenvalue weighted by atomic mass is 32.2. The summed E-state index contributed by atoms with van der Waals surface area (Å²) in [6.07, 6.45) is 1.44. The molecule has 5 heteroatoms. The molecule has 0 aromatic heterocycles. The van der Waals surface area contributed by atoms with E-state index in [2.05, 4.69) is 37.4 Å². The van der Waals surface area contributed by atoms with Crippen molar-refractivity contribution in [3.05, 3.63) is 34.9 Å². The molecule has 4 nitrogen and oxygen atoms in total. The summed E-state index contributed by atoms with van der Waals surface area (Å²) in [5, 5.41) is 8.02. The molecule has 0 amide bonds. The van der Waals surface area contributed by atoms with Crippen molar-refractivity contribution in [2.75, 3.05) is 6.54 Å². The van der Waals surface area contributed by atoms with Gasteiger partial charge in [-0.3, -0.25) is 0 Å². The van der Waals surface area contributed by atoms with Gasteiger partial charge >= 0.3 is 0 Å². The van der Waals surface area contributed by atoms with Crippen LogP contribution in [0.3, 0.4) is 0 Å². The quantitative estimate of drug-likeness (QED) is 0.851. The summed E-state index contributed by atoms with van der Waals surface area (Å²) >= 11 is 0. The van der Waals surface area contributed by atoms with E-state index in [1.807, 2.05) is 0 Å². The van der Waals surface area contributed by atoms with Crippen LogP contribution in [0.1, 0.15) is 35.6 Å². The second kappa shape index (κ2) is 4.99. The van der Waals surface area contributed by atoms with E-state index < -0.39 is 15.3 Å². The van der Waals surface area contributed by atoms with E-state index in [9.17, 15) is 8.42 Å². The van der Waals surface area contributed by atoms with Gasteiger partial charge in [-0.15, -0.1) is 0 Å². The van der Waals surface area contributed by atoms with Crippen molar-refractivity contribution in [3.8, 4) is 0 Å². The average Bonchev–Trinajstić information content (AvgIpc) is 2.27. The average molecular weight is 268 g/mol. The van der Waals surface area contributed by atoms with Crippen molar-refractivity contribution in [3.63, 3.8) is 0 Å². The Kier molecular flexibility index (Phi) is 3.75. The Balaban J connectivity index is 2.10. The summed E-state index contributed by atoms with van der Waals surface area (Å²) < 4.78 is 22.6. The number of primary sulfonamides is 1. The number of rotatable bonds is 2. The van der Waals surface area contributed by atoms with Crippen LogP contribution >= 0.6 is 0 Å². The van der Waals surface area contributed by atoms with Gasteiger partial charge in [-0.05, 0) is 32.3 Å². The van der Waals surface area contributed by atoms with Crippen LogP contribution in [0.2, 0.25) is 0 Å². The molecule has 0 spiro atoms. The van der Waals surface area contributed by atoms with Gasteiger partial charge in [-0.25, -0.2) is 13.6 Å². The lowest BCUT2D eigenvalue weighted by Crippen LogP contribution is -2.43. The number of aryl methyl sites for hydroxylation is 2. The summed E-state index contributed by atoms with van der Waals surface area (Å²) in [5.41, 5.74) is 3.71.